The predicted octanol–water partition coefficient (Wildman–Crippen LogP) is 4.28. The minimum absolute atomic E-state index is 0.127. The van der Waals surface area contributed by atoms with Gasteiger partial charge >= 0.3 is 5.97 Å². The number of esters is 1. The molecule has 0 aromatic heterocycles. The number of carbonyl (C=O) groups is 2. The molecule has 0 bridgehead atoms. The highest BCUT2D eigenvalue weighted by Crippen LogP contribution is 2.29. The summed E-state index contributed by atoms with van der Waals surface area (Å²) in [6.45, 7) is 10.4. The first-order valence-electron chi connectivity index (χ1n) is 9.78. The highest BCUT2D eigenvalue weighted by atomic mass is 16.5. The smallest absolute Gasteiger partial charge is 0.305 e. The molecule has 1 aliphatic rings. The summed E-state index contributed by atoms with van der Waals surface area (Å²) >= 11 is 0. The molecule has 0 aliphatic carbocycles. The van der Waals surface area contributed by atoms with Crippen molar-refractivity contribution in [3.05, 3.63) is 0 Å². The molecule has 1 rings (SSSR count). The molecule has 0 aromatic rings. The Labute approximate surface area is 148 Å². The zero-order valence-corrected chi connectivity index (χ0v) is 16.3. The van der Waals surface area contributed by atoms with Crippen molar-refractivity contribution in [3.63, 3.8) is 0 Å². The third kappa shape index (κ3) is 6.45. The number of ether oxygens (including phenoxy) is 1. The molecule has 4 heteroatoms. The molecule has 1 fully saturated rings. The maximum atomic E-state index is 12.9. The lowest BCUT2D eigenvalue weighted by Gasteiger charge is -2.36. The van der Waals surface area contributed by atoms with Crippen LogP contribution in [0, 0.1) is 23.7 Å². The summed E-state index contributed by atoms with van der Waals surface area (Å²) in [6, 6.07) is 0. The van der Waals surface area contributed by atoms with Crippen LogP contribution in [0.15, 0.2) is 0 Å². The number of nitrogens with zero attached hydrogens (tertiary/aromatic N) is 1. The summed E-state index contributed by atoms with van der Waals surface area (Å²) in [4.78, 5) is 26.4. The third-order valence-electron chi connectivity index (χ3n) is 5.74. The Morgan fingerprint density at radius 1 is 1.17 bits per heavy atom. The zero-order chi connectivity index (χ0) is 18.1. The van der Waals surface area contributed by atoms with E-state index in [0.29, 0.717) is 30.1 Å². The summed E-state index contributed by atoms with van der Waals surface area (Å²) in [5, 5.41) is 0. The van der Waals surface area contributed by atoms with Crippen molar-refractivity contribution < 1.29 is 14.3 Å². The molecular formula is C20H37NO3. The minimum atomic E-state index is -0.127. The summed E-state index contributed by atoms with van der Waals surface area (Å²) in [6.07, 6.45) is 6.73. The number of likely N-dealkylation sites (tertiary alicyclic amines) is 1. The molecule has 24 heavy (non-hydrogen) atoms. The fourth-order valence-electron chi connectivity index (χ4n) is 3.80. The third-order valence-corrected chi connectivity index (χ3v) is 5.74. The van der Waals surface area contributed by atoms with E-state index >= 15 is 0 Å². The standard InChI is InChI=1S/C20H37NO3/c1-6-8-18(13-15(3)7-2)20(23)21-11-9-17(10-12-21)16(4)14-19(22)24-5/h15-18H,6-14H2,1-5H3. The first kappa shape index (κ1) is 21.0. The van der Waals surface area contributed by atoms with E-state index in [1.807, 2.05) is 0 Å². The van der Waals surface area contributed by atoms with E-state index in [9.17, 15) is 9.59 Å². The Kier molecular flexibility index (Phi) is 9.38. The monoisotopic (exact) mass is 339 g/mol. The van der Waals surface area contributed by atoms with Crippen molar-refractivity contribution in [3.8, 4) is 0 Å². The maximum Gasteiger partial charge on any atom is 0.305 e. The van der Waals surface area contributed by atoms with Crippen LogP contribution < -0.4 is 0 Å². The summed E-state index contributed by atoms with van der Waals surface area (Å²) < 4.78 is 4.77. The molecule has 4 nitrogen and oxygen atoms in total. The topological polar surface area (TPSA) is 46.6 Å². The van der Waals surface area contributed by atoms with Crippen LogP contribution in [0.5, 0.6) is 0 Å². The second kappa shape index (κ2) is 10.7. The van der Waals surface area contributed by atoms with Gasteiger partial charge in [-0.2, -0.15) is 0 Å². The van der Waals surface area contributed by atoms with Crippen molar-refractivity contribution >= 4 is 11.9 Å². The van der Waals surface area contributed by atoms with Gasteiger partial charge in [0, 0.05) is 25.4 Å². The number of hydrogen-bond donors (Lipinski definition) is 0. The first-order chi connectivity index (χ1) is 11.4. The van der Waals surface area contributed by atoms with Gasteiger partial charge in [-0.25, -0.2) is 0 Å². The van der Waals surface area contributed by atoms with Crippen LogP contribution in [-0.2, 0) is 14.3 Å². The average Bonchev–Trinajstić information content (AvgIpc) is 2.60. The molecule has 0 saturated carbocycles. The molecular weight excluding hydrogens is 302 g/mol. The van der Waals surface area contributed by atoms with Crippen molar-refractivity contribution in [2.24, 2.45) is 23.7 Å². The van der Waals surface area contributed by atoms with Crippen LogP contribution in [0.2, 0.25) is 0 Å². The van der Waals surface area contributed by atoms with E-state index in [-0.39, 0.29) is 11.9 Å². The van der Waals surface area contributed by atoms with Crippen LogP contribution in [0.3, 0.4) is 0 Å². The van der Waals surface area contributed by atoms with E-state index in [1.165, 1.54) is 7.11 Å². The van der Waals surface area contributed by atoms with Gasteiger partial charge in [0.25, 0.3) is 0 Å². The largest absolute Gasteiger partial charge is 0.469 e. The number of methoxy groups -OCH3 is 1. The van der Waals surface area contributed by atoms with Gasteiger partial charge in [-0.3, -0.25) is 9.59 Å². The second-order valence-corrected chi connectivity index (χ2v) is 7.65. The Bertz CT molecular complexity index is 388. The fourth-order valence-corrected chi connectivity index (χ4v) is 3.80. The molecule has 0 aromatic carbocycles. The molecule has 1 heterocycles. The number of amides is 1. The molecule has 3 atom stereocenters. The maximum absolute atomic E-state index is 12.9. The highest BCUT2D eigenvalue weighted by Gasteiger charge is 2.30. The van der Waals surface area contributed by atoms with Crippen LogP contribution >= 0.6 is 0 Å². The van der Waals surface area contributed by atoms with Crippen molar-refractivity contribution in [2.45, 2.75) is 72.6 Å². The predicted molar refractivity (Wildman–Crippen MR) is 97.6 cm³/mol. The van der Waals surface area contributed by atoms with Crippen molar-refractivity contribution in [1.29, 1.82) is 0 Å². The summed E-state index contributed by atoms with van der Waals surface area (Å²) in [7, 11) is 1.45. The summed E-state index contributed by atoms with van der Waals surface area (Å²) in [5.74, 6) is 1.89. The van der Waals surface area contributed by atoms with Crippen LogP contribution in [-0.4, -0.2) is 37.0 Å². The van der Waals surface area contributed by atoms with Gasteiger partial charge < -0.3 is 9.64 Å². The fraction of sp³-hybridized carbons (Fsp3) is 0.900. The number of hydrogen-bond acceptors (Lipinski definition) is 3. The molecule has 0 spiro atoms. The van der Waals surface area contributed by atoms with E-state index in [2.05, 4.69) is 32.6 Å². The lowest BCUT2D eigenvalue weighted by Crippen LogP contribution is -2.43. The average molecular weight is 340 g/mol. The molecule has 140 valence electrons. The van der Waals surface area contributed by atoms with Crippen LogP contribution in [0.25, 0.3) is 0 Å². The Morgan fingerprint density at radius 2 is 1.79 bits per heavy atom. The van der Waals surface area contributed by atoms with Gasteiger partial charge in [0.05, 0.1) is 7.11 Å². The minimum Gasteiger partial charge on any atom is -0.469 e. The Balaban J connectivity index is 2.52. The molecule has 0 N–H and O–H groups in total. The first-order valence-corrected chi connectivity index (χ1v) is 9.78. The van der Waals surface area contributed by atoms with Gasteiger partial charge in [-0.1, -0.05) is 40.5 Å². The van der Waals surface area contributed by atoms with Crippen LogP contribution in [0.1, 0.15) is 72.6 Å². The van der Waals surface area contributed by atoms with E-state index in [0.717, 1.165) is 51.6 Å². The van der Waals surface area contributed by atoms with Crippen molar-refractivity contribution in [2.75, 3.05) is 20.2 Å². The van der Waals surface area contributed by atoms with E-state index < -0.39 is 0 Å². The van der Waals surface area contributed by atoms with Gasteiger partial charge in [0.15, 0.2) is 0 Å². The Morgan fingerprint density at radius 3 is 2.29 bits per heavy atom. The van der Waals surface area contributed by atoms with Gasteiger partial charge in [0.2, 0.25) is 5.91 Å². The second-order valence-electron chi connectivity index (χ2n) is 7.65. The summed E-state index contributed by atoms with van der Waals surface area (Å²) in [5.41, 5.74) is 0. The normalized spacial score (nSPS) is 19.6. The zero-order valence-electron chi connectivity index (χ0n) is 16.3. The highest BCUT2D eigenvalue weighted by molar-refractivity contribution is 5.79. The molecule has 1 saturated heterocycles. The molecule has 1 amide bonds. The quantitative estimate of drug-likeness (QED) is 0.589. The van der Waals surface area contributed by atoms with Crippen molar-refractivity contribution in [1.82, 2.24) is 4.90 Å². The molecule has 1 aliphatic heterocycles. The SMILES string of the molecule is CCCC(CC(C)CC)C(=O)N1CCC(C(C)CC(=O)OC)CC1. The Hall–Kier alpha value is -1.06. The number of piperidine rings is 1. The molecule has 3 unspecified atom stereocenters. The van der Waals surface area contributed by atoms with Gasteiger partial charge in [0.1, 0.15) is 0 Å². The number of carbonyl (C=O) groups excluding carboxylic acids is 2. The van der Waals surface area contributed by atoms with Gasteiger partial charge in [-0.15, -0.1) is 0 Å². The number of rotatable bonds is 9. The van der Waals surface area contributed by atoms with Crippen LogP contribution in [0.4, 0.5) is 0 Å². The molecule has 0 radical (unpaired) electrons. The van der Waals surface area contributed by atoms with Gasteiger partial charge in [-0.05, 0) is 43.4 Å². The van der Waals surface area contributed by atoms with E-state index in [1.54, 1.807) is 0 Å². The lowest BCUT2D eigenvalue weighted by molar-refractivity contribution is -0.143. The van der Waals surface area contributed by atoms with E-state index in [4.69, 9.17) is 4.74 Å². The lowest BCUT2D eigenvalue weighted by atomic mass is 9.82.